The molecule has 0 aromatic carbocycles. The third-order valence-corrected chi connectivity index (χ3v) is 3.18. The summed E-state index contributed by atoms with van der Waals surface area (Å²) in [6.45, 7) is 2.05. The predicted molar refractivity (Wildman–Crippen MR) is 75.0 cm³/mol. The number of aryl methyl sites for hydroxylation is 1. The van der Waals surface area contributed by atoms with Crippen molar-refractivity contribution in [3.05, 3.63) is 40.3 Å². The standard InChI is InChI=1S/C12H15N5OS/c1-2-4-8-7-10(18)16-12(14-8)19-11-6-3-5-9(15-11)17-13/h3,5-7H,2,4,13H2,1H3,(H,15,17)(H,14,16,18). The molecule has 2 heterocycles. The van der Waals surface area contributed by atoms with Gasteiger partial charge in [0, 0.05) is 11.8 Å². The second kappa shape index (κ2) is 6.35. The Bertz CT molecular complexity index is 613. The molecule has 2 aromatic heterocycles. The van der Waals surface area contributed by atoms with Crippen molar-refractivity contribution >= 4 is 17.6 Å². The van der Waals surface area contributed by atoms with Crippen molar-refractivity contribution in [1.29, 1.82) is 0 Å². The monoisotopic (exact) mass is 277 g/mol. The molecule has 0 aliphatic rings. The number of rotatable bonds is 5. The Kier molecular flexibility index (Phi) is 4.53. The van der Waals surface area contributed by atoms with E-state index in [-0.39, 0.29) is 5.56 Å². The molecule has 0 aliphatic heterocycles. The Hall–Kier alpha value is -1.86. The molecule has 19 heavy (non-hydrogen) atoms. The Labute approximate surface area is 114 Å². The summed E-state index contributed by atoms with van der Waals surface area (Å²) < 4.78 is 0. The Morgan fingerprint density at radius 1 is 1.42 bits per heavy atom. The smallest absolute Gasteiger partial charge is 0.251 e. The predicted octanol–water partition coefficient (Wildman–Crippen LogP) is 1.55. The largest absolute Gasteiger partial charge is 0.308 e. The fraction of sp³-hybridized carbons (Fsp3) is 0.250. The number of hydrogen-bond acceptors (Lipinski definition) is 6. The molecule has 100 valence electrons. The van der Waals surface area contributed by atoms with Gasteiger partial charge in [-0.05, 0) is 30.3 Å². The summed E-state index contributed by atoms with van der Waals surface area (Å²) in [4.78, 5) is 22.9. The number of nitrogens with one attached hydrogen (secondary N) is 2. The molecule has 0 radical (unpaired) electrons. The van der Waals surface area contributed by atoms with E-state index in [0.29, 0.717) is 16.0 Å². The van der Waals surface area contributed by atoms with Gasteiger partial charge in [0.25, 0.3) is 5.56 Å². The summed E-state index contributed by atoms with van der Waals surface area (Å²) in [7, 11) is 0. The quantitative estimate of drug-likeness (QED) is 0.436. The van der Waals surface area contributed by atoms with E-state index in [2.05, 4.69) is 20.4 Å². The summed E-state index contributed by atoms with van der Waals surface area (Å²) in [5.74, 6) is 5.87. The maximum atomic E-state index is 11.5. The van der Waals surface area contributed by atoms with Crippen molar-refractivity contribution in [2.75, 3.05) is 5.43 Å². The van der Waals surface area contributed by atoms with E-state index >= 15 is 0 Å². The van der Waals surface area contributed by atoms with Crippen LogP contribution in [0.1, 0.15) is 19.0 Å². The summed E-state index contributed by atoms with van der Waals surface area (Å²) in [5.41, 5.74) is 3.13. The van der Waals surface area contributed by atoms with Crippen molar-refractivity contribution in [2.45, 2.75) is 29.9 Å². The zero-order valence-corrected chi connectivity index (χ0v) is 11.3. The van der Waals surface area contributed by atoms with Gasteiger partial charge in [0.15, 0.2) is 5.16 Å². The molecule has 0 bridgehead atoms. The first kappa shape index (κ1) is 13.6. The molecule has 0 unspecified atom stereocenters. The normalized spacial score (nSPS) is 10.4. The number of aromatic amines is 1. The molecular formula is C12H15N5OS. The third-order valence-electron chi connectivity index (χ3n) is 2.35. The highest BCUT2D eigenvalue weighted by molar-refractivity contribution is 7.99. The summed E-state index contributed by atoms with van der Waals surface area (Å²) in [5, 5.41) is 1.25. The molecule has 0 saturated heterocycles. The lowest BCUT2D eigenvalue weighted by atomic mass is 10.2. The highest BCUT2D eigenvalue weighted by Gasteiger charge is 2.05. The lowest BCUT2D eigenvalue weighted by molar-refractivity contribution is 0.815. The number of hydrogen-bond donors (Lipinski definition) is 3. The summed E-state index contributed by atoms with van der Waals surface area (Å²) >= 11 is 1.30. The zero-order chi connectivity index (χ0) is 13.7. The molecule has 0 aliphatic carbocycles. The van der Waals surface area contributed by atoms with Crippen LogP contribution in [0.3, 0.4) is 0 Å². The Morgan fingerprint density at radius 3 is 3.00 bits per heavy atom. The van der Waals surface area contributed by atoms with Gasteiger partial charge in [-0.25, -0.2) is 15.8 Å². The van der Waals surface area contributed by atoms with Gasteiger partial charge in [0.1, 0.15) is 10.8 Å². The van der Waals surface area contributed by atoms with E-state index in [0.717, 1.165) is 18.5 Å². The van der Waals surface area contributed by atoms with Gasteiger partial charge >= 0.3 is 0 Å². The minimum absolute atomic E-state index is 0.144. The molecule has 0 amide bonds. The fourth-order valence-electron chi connectivity index (χ4n) is 1.57. The summed E-state index contributed by atoms with van der Waals surface area (Å²) in [6.07, 6.45) is 1.74. The van der Waals surface area contributed by atoms with Crippen molar-refractivity contribution in [1.82, 2.24) is 15.0 Å². The van der Waals surface area contributed by atoms with Crippen LogP contribution < -0.4 is 16.8 Å². The van der Waals surface area contributed by atoms with Crippen LogP contribution in [0.4, 0.5) is 5.82 Å². The van der Waals surface area contributed by atoms with E-state index < -0.39 is 0 Å². The van der Waals surface area contributed by atoms with E-state index in [1.807, 2.05) is 19.1 Å². The van der Waals surface area contributed by atoms with Crippen LogP contribution in [0, 0.1) is 0 Å². The van der Waals surface area contributed by atoms with Crippen molar-refractivity contribution in [3.63, 3.8) is 0 Å². The number of nitrogen functional groups attached to an aromatic ring is 1. The van der Waals surface area contributed by atoms with Crippen molar-refractivity contribution < 1.29 is 0 Å². The van der Waals surface area contributed by atoms with Crippen LogP contribution in [0.25, 0.3) is 0 Å². The lowest BCUT2D eigenvalue weighted by Crippen LogP contribution is -2.10. The van der Waals surface area contributed by atoms with Crippen LogP contribution in [-0.4, -0.2) is 15.0 Å². The van der Waals surface area contributed by atoms with Crippen molar-refractivity contribution in [2.24, 2.45) is 5.84 Å². The third kappa shape index (κ3) is 3.80. The lowest BCUT2D eigenvalue weighted by Gasteiger charge is -2.04. The van der Waals surface area contributed by atoms with Gasteiger partial charge in [-0.2, -0.15) is 0 Å². The topological polar surface area (TPSA) is 96.7 Å². The Morgan fingerprint density at radius 2 is 2.26 bits per heavy atom. The maximum absolute atomic E-state index is 11.5. The number of H-pyrrole nitrogens is 1. The average molecular weight is 277 g/mol. The SMILES string of the molecule is CCCc1cc(=O)[nH]c(Sc2cccc(NN)n2)n1. The molecule has 0 saturated carbocycles. The molecule has 2 aromatic rings. The molecule has 4 N–H and O–H groups in total. The fourth-order valence-corrected chi connectivity index (χ4v) is 2.37. The number of pyridine rings is 1. The minimum Gasteiger partial charge on any atom is -0.308 e. The number of nitrogens with zero attached hydrogens (tertiary/aromatic N) is 2. The van der Waals surface area contributed by atoms with Gasteiger partial charge in [-0.15, -0.1) is 0 Å². The summed E-state index contributed by atoms with van der Waals surface area (Å²) in [6, 6.07) is 6.95. The van der Waals surface area contributed by atoms with Crippen LogP contribution in [-0.2, 0) is 6.42 Å². The minimum atomic E-state index is -0.144. The number of nitrogens with two attached hydrogens (primary N) is 1. The number of aromatic nitrogens is 3. The van der Waals surface area contributed by atoms with E-state index in [1.165, 1.54) is 17.8 Å². The van der Waals surface area contributed by atoms with Gasteiger partial charge in [0.05, 0.1) is 0 Å². The van der Waals surface area contributed by atoms with Crippen LogP contribution in [0.15, 0.2) is 39.2 Å². The molecule has 0 spiro atoms. The second-order valence-electron chi connectivity index (χ2n) is 3.90. The van der Waals surface area contributed by atoms with Gasteiger partial charge in [-0.3, -0.25) is 4.79 Å². The first-order chi connectivity index (χ1) is 9.21. The number of anilines is 1. The molecular weight excluding hydrogens is 262 g/mol. The highest BCUT2D eigenvalue weighted by atomic mass is 32.2. The van der Waals surface area contributed by atoms with Crippen molar-refractivity contribution in [3.8, 4) is 0 Å². The van der Waals surface area contributed by atoms with E-state index in [9.17, 15) is 4.79 Å². The molecule has 0 fully saturated rings. The number of hydrazine groups is 1. The first-order valence-electron chi connectivity index (χ1n) is 5.93. The van der Waals surface area contributed by atoms with Gasteiger partial charge < -0.3 is 10.4 Å². The van der Waals surface area contributed by atoms with Crippen LogP contribution >= 0.6 is 11.8 Å². The van der Waals surface area contributed by atoms with Gasteiger partial charge in [-0.1, -0.05) is 19.4 Å². The molecule has 2 rings (SSSR count). The maximum Gasteiger partial charge on any atom is 0.251 e. The molecule has 7 heteroatoms. The Balaban J connectivity index is 2.24. The first-order valence-corrected chi connectivity index (χ1v) is 6.74. The highest BCUT2D eigenvalue weighted by Crippen LogP contribution is 2.22. The second-order valence-corrected chi connectivity index (χ2v) is 4.91. The van der Waals surface area contributed by atoms with E-state index in [4.69, 9.17) is 5.84 Å². The van der Waals surface area contributed by atoms with E-state index in [1.54, 1.807) is 6.07 Å². The van der Waals surface area contributed by atoms with Crippen LogP contribution in [0.5, 0.6) is 0 Å². The van der Waals surface area contributed by atoms with Crippen LogP contribution in [0.2, 0.25) is 0 Å². The zero-order valence-electron chi connectivity index (χ0n) is 10.5. The average Bonchev–Trinajstić information content (AvgIpc) is 2.38. The molecule has 0 atom stereocenters. The van der Waals surface area contributed by atoms with Gasteiger partial charge in [0.2, 0.25) is 0 Å². The molecule has 6 nitrogen and oxygen atoms in total.